The number of aryl methyl sites for hydroxylation is 1. The largest absolute Gasteiger partial charge is 0.487 e. The van der Waals surface area contributed by atoms with Gasteiger partial charge in [-0.25, -0.2) is 27.6 Å². The van der Waals surface area contributed by atoms with Crippen molar-refractivity contribution >= 4 is 68.3 Å². The van der Waals surface area contributed by atoms with Crippen molar-refractivity contribution in [2.75, 3.05) is 23.2 Å². The summed E-state index contributed by atoms with van der Waals surface area (Å²) in [5.74, 6) is -7.43. The maximum Gasteiger partial charge on any atom is 0.355 e. The normalized spacial score (nSPS) is 15.0. The first-order valence-electron chi connectivity index (χ1n) is 23.7. The summed E-state index contributed by atoms with van der Waals surface area (Å²) in [5.41, 5.74) is 9.66. The topological polar surface area (TPSA) is 290 Å². The number of carbonyl (C=O) groups is 5. The number of esters is 1. The van der Waals surface area contributed by atoms with Crippen LogP contribution in [0.2, 0.25) is 0 Å². The molecule has 0 aliphatic carbocycles. The number of pyridine rings is 1. The first-order chi connectivity index (χ1) is 36.1. The smallest absolute Gasteiger partial charge is 0.355 e. The van der Waals surface area contributed by atoms with Gasteiger partial charge in [-0.2, -0.15) is 13.9 Å². The molecule has 0 spiro atoms. The average molecular weight is 1090 g/mol. The van der Waals surface area contributed by atoms with Gasteiger partial charge in [-0.05, 0) is 78.3 Å². The van der Waals surface area contributed by atoms with Gasteiger partial charge in [-0.1, -0.05) is 63.2 Å². The summed E-state index contributed by atoms with van der Waals surface area (Å²) in [5, 5.41) is 26.0. The highest BCUT2D eigenvalue weighted by Crippen LogP contribution is 2.36. The lowest BCUT2D eigenvalue weighted by molar-refractivity contribution is -0.144. The van der Waals surface area contributed by atoms with Crippen LogP contribution in [0.4, 0.5) is 30.5 Å². The van der Waals surface area contributed by atoms with E-state index in [1.165, 1.54) is 59.6 Å². The molecule has 0 saturated carbocycles. The number of amides is 4. The number of primary amides is 1. The number of thiazole rings is 1. The predicted octanol–water partition coefficient (Wildman–Crippen LogP) is 6.56. The molecule has 20 nitrogen and oxygen atoms in total. The fourth-order valence-corrected chi connectivity index (χ4v) is 9.44. The van der Waals surface area contributed by atoms with E-state index in [-0.39, 0.29) is 84.6 Å². The van der Waals surface area contributed by atoms with Crippen molar-refractivity contribution in [3.63, 3.8) is 0 Å². The number of ether oxygens (including phenoxy) is 2. The van der Waals surface area contributed by atoms with Crippen molar-refractivity contribution in [1.29, 1.82) is 0 Å². The fraction of sp³-hybridized carbons (Fsp3) is 0.333. The van der Waals surface area contributed by atoms with Gasteiger partial charge in [0.1, 0.15) is 53.2 Å². The van der Waals surface area contributed by atoms with E-state index >= 15 is 0 Å². The van der Waals surface area contributed by atoms with Crippen LogP contribution < -0.4 is 31.1 Å². The van der Waals surface area contributed by atoms with Crippen LogP contribution in [0.1, 0.15) is 84.0 Å². The van der Waals surface area contributed by atoms with E-state index in [9.17, 15) is 50.7 Å². The summed E-state index contributed by atoms with van der Waals surface area (Å²) in [7, 11) is -5.13. The Morgan fingerprint density at radius 3 is 2.32 bits per heavy atom. The van der Waals surface area contributed by atoms with Gasteiger partial charge in [0.15, 0.2) is 0 Å². The zero-order valence-corrected chi connectivity index (χ0v) is 43.2. The Balaban J connectivity index is 0.895. The molecule has 25 heteroatoms. The van der Waals surface area contributed by atoms with Gasteiger partial charge in [-0.3, -0.25) is 29.0 Å². The van der Waals surface area contributed by atoms with Crippen molar-refractivity contribution in [1.82, 2.24) is 35.7 Å². The number of hydrogen-bond acceptors (Lipinski definition) is 15. The minimum absolute atomic E-state index is 0.00353. The van der Waals surface area contributed by atoms with Crippen molar-refractivity contribution in [2.24, 2.45) is 11.1 Å². The average Bonchev–Trinajstić information content (AvgIpc) is 4.13. The maximum absolute atomic E-state index is 14.0. The second-order valence-electron chi connectivity index (χ2n) is 18.8. The highest BCUT2D eigenvalue weighted by molar-refractivity contribution is 7.93. The van der Waals surface area contributed by atoms with E-state index in [0.29, 0.717) is 18.4 Å². The van der Waals surface area contributed by atoms with Crippen molar-refractivity contribution in [3.8, 4) is 27.4 Å². The molecule has 1 aliphatic rings. The summed E-state index contributed by atoms with van der Waals surface area (Å²) in [4.78, 5) is 77.3. The predicted molar refractivity (Wildman–Crippen MR) is 275 cm³/mol. The summed E-state index contributed by atoms with van der Waals surface area (Å²) in [6.45, 7) is 7.15. The van der Waals surface area contributed by atoms with Crippen molar-refractivity contribution < 1.29 is 60.1 Å². The molecule has 6 aromatic rings. The van der Waals surface area contributed by atoms with Crippen LogP contribution in [0.3, 0.4) is 0 Å². The molecule has 4 amide bonds. The van der Waals surface area contributed by atoms with Gasteiger partial charge in [0.05, 0.1) is 40.0 Å². The van der Waals surface area contributed by atoms with Crippen LogP contribution >= 0.6 is 11.3 Å². The molecule has 0 bridgehead atoms. The number of unbranched alkanes of at least 4 members (excludes halogenated alkanes) is 1. The Morgan fingerprint density at radius 1 is 0.961 bits per heavy atom. The summed E-state index contributed by atoms with van der Waals surface area (Å²) >= 11 is 1.54. The Bertz CT molecular complexity index is 3170. The van der Waals surface area contributed by atoms with Crippen LogP contribution in [0.15, 0.2) is 90.6 Å². The Hall–Kier alpha value is -7.90. The number of anilines is 3. The second kappa shape index (κ2) is 24.2. The van der Waals surface area contributed by atoms with Crippen molar-refractivity contribution in [3.05, 3.63) is 124 Å². The standard InChI is InChI=1S/C51H55F3N10O10S2/c1-28-43(75-27-58-28)31-12-8-29(9-13-31)23-57-47(68)37-22-35(65)25-64(37)48(69)44(51(2,3)4)60-40(66)7-5-6-20-73-49(70)33-15-19-39(56-24-33)59-46-41(45(55)67)42(61-62-46)32-14-18-36(63-76(71,72)50(53)54)38(21-32)74-26-30-10-16-34(52)17-11-30/h8-19,21,24,27,35,37,44,50,63,65H,5-7,20,22-23,25-26H2,1-4H3,(H2,55,67)(H,57,68)(H,60,66)(H2,56,59,61,62)/t35-,37+,44-/m1/s1. The highest BCUT2D eigenvalue weighted by atomic mass is 32.2. The number of carbonyl (C=O) groups excluding carboxylic acids is 5. The lowest BCUT2D eigenvalue weighted by atomic mass is 9.85. The first kappa shape index (κ1) is 55.8. The van der Waals surface area contributed by atoms with E-state index in [1.807, 2.05) is 31.2 Å². The lowest BCUT2D eigenvalue weighted by Gasteiger charge is -2.35. The minimum Gasteiger partial charge on any atom is -0.487 e. The lowest BCUT2D eigenvalue weighted by Crippen LogP contribution is -2.57. The second-order valence-corrected chi connectivity index (χ2v) is 21.3. The number of hydrogen-bond donors (Lipinski definition) is 7. The molecule has 0 radical (unpaired) electrons. The number of aliphatic hydroxyl groups is 1. The van der Waals surface area contributed by atoms with Crippen LogP contribution in [0, 0.1) is 18.2 Å². The van der Waals surface area contributed by atoms with Gasteiger partial charge < -0.3 is 41.2 Å². The summed E-state index contributed by atoms with van der Waals surface area (Å²) in [6.07, 6.45) is 0.910. The molecule has 1 fully saturated rings. The van der Waals surface area contributed by atoms with Crippen LogP contribution in [0.5, 0.6) is 5.75 Å². The molecule has 8 N–H and O–H groups in total. The third-order valence-corrected chi connectivity index (χ3v) is 14.0. The molecule has 3 aromatic heterocycles. The molecule has 3 aromatic carbocycles. The zero-order chi connectivity index (χ0) is 54.9. The molecule has 1 saturated heterocycles. The summed E-state index contributed by atoms with van der Waals surface area (Å²) < 4.78 is 77.1. The molecular weight excluding hydrogens is 1030 g/mol. The van der Waals surface area contributed by atoms with Gasteiger partial charge in [-0.15, -0.1) is 11.3 Å². The van der Waals surface area contributed by atoms with E-state index in [1.54, 1.807) is 42.3 Å². The Morgan fingerprint density at radius 2 is 1.67 bits per heavy atom. The van der Waals surface area contributed by atoms with Crippen LogP contribution in [-0.4, -0.2) is 105 Å². The number of aromatic nitrogens is 4. The molecule has 4 heterocycles. The van der Waals surface area contributed by atoms with Gasteiger partial charge >= 0.3 is 11.7 Å². The first-order valence-corrected chi connectivity index (χ1v) is 26.2. The number of nitrogens with two attached hydrogens (primary N) is 1. The number of rotatable bonds is 22. The van der Waals surface area contributed by atoms with Gasteiger partial charge in [0.2, 0.25) is 17.7 Å². The van der Waals surface area contributed by atoms with E-state index in [0.717, 1.165) is 27.8 Å². The van der Waals surface area contributed by atoms with E-state index in [4.69, 9.17) is 15.2 Å². The number of alkyl halides is 2. The molecule has 402 valence electrons. The number of aliphatic hydroxyl groups excluding tert-OH is 1. The molecule has 0 unspecified atom stereocenters. The number of sulfonamides is 1. The van der Waals surface area contributed by atoms with E-state index < -0.39 is 74.8 Å². The zero-order valence-electron chi connectivity index (χ0n) is 41.6. The third-order valence-electron chi connectivity index (χ3n) is 12.1. The third kappa shape index (κ3) is 14.1. The number of aromatic amines is 1. The number of likely N-dealkylation sites (tertiary alicyclic amines) is 1. The Labute approximate surface area is 439 Å². The van der Waals surface area contributed by atoms with Crippen molar-refractivity contribution in [2.45, 2.75) is 90.5 Å². The molecule has 76 heavy (non-hydrogen) atoms. The summed E-state index contributed by atoms with van der Waals surface area (Å²) in [6, 6.07) is 17.4. The van der Waals surface area contributed by atoms with Crippen LogP contribution in [0.25, 0.3) is 21.7 Å². The maximum atomic E-state index is 14.0. The monoisotopic (exact) mass is 1090 g/mol. The number of nitrogens with zero attached hydrogens (tertiary/aromatic N) is 4. The van der Waals surface area contributed by atoms with Gasteiger partial charge in [0, 0.05) is 37.7 Å². The number of halogens is 3. The molecular formula is C51H55F3N10O10S2. The molecule has 1 aliphatic heterocycles. The van der Waals surface area contributed by atoms with Crippen LogP contribution in [-0.2, 0) is 42.3 Å². The van der Waals surface area contributed by atoms with E-state index in [2.05, 4.69) is 36.1 Å². The number of H-pyrrole nitrogens is 1. The molecule has 7 rings (SSSR count). The fourth-order valence-electron chi connectivity index (χ4n) is 8.06. The SMILES string of the molecule is Cc1ncsc1-c1ccc(CNC(=O)[C@@H]2C[C@@H](O)CN2C(=O)[C@@H](NC(=O)CCCCOC(=O)c2ccc(Nc3[nH]nc(-c4ccc(NS(=O)(=O)C(F)F)c(OCc5ccc(F)cc5)c4)c3C(N)=O)nc2)C(C)(C)C)cc1. The van der Waals surface area contributed by atoms with Gasteiger partial charge in [0.25, 0.3) is 15.9 Å². The number of nitrogens with one attached hydrogen (secondary N) is 5. The Kier molecular flexibility index (Phi) is 17.8. The highest BCUT2D eigenvalue weighted by Gasteiger charge is 2.44. The minimum atomic E-state index is -5.13. The number of β-amino-alcohol motifs (C(OH)–C–C–N with tert-alkyl or cyclic N) is 1. The molecule has 3 atom stereocenters. The quantitative estimate of drug-likeness (QED) is 0.0280. The number of benzene rings is 3.